The molecule has 2 aliphatic rings. The molecule has 5 rings (SSSR count). The Bertz CT molecular complexity index is 1690. The van der Waals surface area contributed by atoms with Crippen molar-refractivity contribution < 1.29 is 42.8 Å². The van der Waals surface area contributed by atoms with Crippen LogP contribution in [0.1, 0.15) is 43.7 Å². The number of carbonyl (C=O) groups excluding carboxylic acids is 1. The summed E-state index contributed by atoms with van der Waals surface area (Å²) in [6, 6.07) is 4.60. The van der Waals surface area contributed by atoms with Crippen LogP contribution in [0.2, 0.25) is 0 Å². The first-order valence-corrected chi connectivity index (χ1v) is 18.9. The number of aliphatic hydroxyl groups is 3. The second-order valence-electron chi connectivity index (χ2n) is 12.4. The molecule has 4 heterocycles. The van der Waals surface area contributed by atoms with Crippen LogP contribution in [0.4, 0.5) is 23.8 Å². The summed E-state index contributed by atoms with van der Waals surface area (Å²) in [5.74, 6) is 1.56. The Morgan fingerprint density at radius 1 is 1.08 bits per heavy atom. The zero-order valence-electron chi connectivity index (χ0n) is 27.3. The van der Waals surface area contributed by atoms with Crippen molar-refractivity contribution >= 4 is 56.4 Å². The van der Waals surface area contributed by atoms with Crippen LogP contribution >= 0.6 is 33.3 Å². The summed E-state index contributed by atoms with van der Waals surface area (Å²) < 4.78 is 54.5. The van der Waals surface area contributed by atoms with Gasteiger partial charge in [-0.1, -0.05) is 45.5 Å². The van der Waals surface area contributed by atoms with Crippen LogP contribution in [0.15, 0.2) is 39.9 Å². The van der Waals surface area contributed by atoms with Gasteiger partial charge < -0.3 is 41.2 Å². The number of amides is 1. The van der Waals surface area contributed by atoms with Crippen molar-refractivity contribution in [3.63, 3.8) is 0 Å². The van der Waals surface area contributed by atoms with E-state index in [4.69, 9.17) is 15.2 Å². The lowest BCUT2D eigenvalue weighted by Gasteiger charge is -2.19. The molecule has 21 heteroatoms. The monoisotopic (exact) mass is 761 g/mol. The first-order valence-electron chi connectivity index (χ1n) is 15.4. The Hall–Kier alpha value is -2.92. The number of thioether (sulfide) groups is 1. The van der Waals surface area contributed by atoms with Gasteiger partial charge in [0.2, 0.25) is 0 Å². The third-order valence-corrected chi connectivity index (χ3v) is 10.8. The minimum absolute atomic E-state index is 0.0517. The van der Waals surface area contributed by atoms with Crippen molar-refractivity contribution in [2.24, 2.45) is 10.2 Å². The van der Waals surface area contributed by atoms with Gasteiger partial charge in [-0.3, -0.25) is 4.57 Å². The molecule has 0 saturated carbocycles. The van der Waals surface area contributed by atoms with Gasteiger partial charge >= 0.3 is 17.9 Å². The fraction of sp³-hybridized carbons (Fsp3) is 0.586. The van der Waals surface area contributed by atoms with Gasteiger partial charge in [0, 0.05) is 42.5 Å². The zero-order valence-corrected chi connectivity index (χ0v) is 29.7. The van der Waals surface area contributed by atoms with Gasteiger partial charge in [-0.2, -0.15) is 13.2 Å². The summed E-state index contributed by atoms with van der Waals surface area (Å²) in [5, 5.41) is 43.7. The second kappa shape index (κ2) is 15.8. The molecule has 4 atom stereocenters. The Labute approximate surface area is 297 Å². The number of imidazole rings is 1. The highest BCUT2D eigenvalue weighted by molar-refractivity contribution is 8.76. The number of nitrogens with one attached hydrogen (secondary N) is 2. The fourth-order valence-corrected chi connectivity index (χ4v) is 7.85. The molecule has 1 aromatic carbocycles. The van der Waals surface area contributed by atoms with E-state index in [1.807, 2.05) is 0 Å². The maximum absolute atomic E-state index is 14.0. The number of rotatable bonds is 15. The number of aromatic nitrogens is 4. The van der Waals surface area contributed by atoms with Gasteiger partial charge in [-0.15, -0.1) is 10.2 Å². The number of anilines is 1. The van der Waals surface area contributed by atoms with E-state index in [1.54, 1.807) is 48.4 Å². The SMILES string of the molecule is CC(C)(C)OC(=O)NCCSSCCNCc1cc(CSc2nc3c(N)ncnc3n2[C@@H]2O[C@H](CO)[C@@H](O)[C@H]2O)cc(C2(C(F)(F)F)N=N2)c1. The van der Waals surface area contributed by atoms with Crippen molar-refractivity contribution in [3.8, 4) is 0 Å². The lowest BCUT2D eigenvalue weighted by molar-refractivity contribution is -0.166. The van der Waals surface area contributed by atoms with E-state index in [0.717, 1.165) is 11.8 Å². The van der Waals surface area contributed by atoms with Gasteiger partial charge in [0.1, 0.15) is 30.2 Å². The number of fused-ring (bicyclic) bond motifs is 1. The van der Waals surface area contributed by atoms with E-state index in [2.05, 4.69) is 35.8 Å². The summed E-state index contributed by atoms with van der Waals surface area (Å²) in [6.07, 6.45) is -9.09. The Morgan fingerprint density at radius 2 is 1.78 bits per heavy atom. The minimum atomic E-state index is -4.72. The van der Waals surface area contributed by atoms with Crippen LogP contribution in [-0.4, -0.2) is 102 Å². The average molecular weight is 762 g/mol. The summed E-state index contributed by atoms with van der Waals surface area (Å²) >= 11 is 1.13. The van der Waals surface area contributed by atoms with Crippen LogP contribution in [-0.2, 0) is 27.4 Å². The van der Waals surface area contributed by atoms with Crippen LogP contribution in [0, 0.1) is 0 Å². The van der Waals surface area contributed by atoms with E-state index in [0.29, 0.717) is 35.7 Å². The number of carbonyl (C=O) groups is 1. The molecule has 0 aliphatic carbocycles. The number of benzene rings is 1. The lowest BCUT2D eigenvalue weighted by atomic mass is 9.97. The molecule has 3 aromatic rings. The molecular weight excluding hydrogens is 724 g/mol. The second-order valence-corrected chi connectivity index (χ2v) is 16.0. The van der Waals surface area contributed by atoms with Crippen molar-refractivity contribution in [3.05, 3.63) is 41.2 Å². The van der Waals surface area contributed by atoms with Crippen LogP contribution in [0.25, 0.3) is 11.2 Å². The molecule has 1 saturated heterocycles. The molecule has 7 N–H and O–H groups in total. The van der Waals surface area contributed by atoms with E-state index >= 15 is 0 Å². The molecule has 2 aliphatic heterocycles. The molecule has 0 bridgehead atoms. The lowest BCUT2D eigenvalue weighted by Crippen LogP contribution is -2.33. The number of nitrogens with two attached hydrogens (primary N) is 1. The largest absolute Gasteiger partial charge is 0.444 e. The van der Waals surface area contributed by atoms with Crippen LogP contribution in [0.3, 0.4) is 0 Å². The smallest absolute Gasteiger partial charge is 0.442 e. The third kappa shape index (κ3) is 8.92. The number of alkyl carbamates (subject to hydrolysis) is 1. The van der Waals surface area contributed by atoms with E-state index in [9.17, 15) is 33.3 Å². The fourth-order valence-electron chi connectivity index (χ4n) is 5.04. The molecule has 0 radical (unpaired) electrons. The van der Waals surface area contributed by atoms with E-state index in [-0.39, 0.29) is 40.0 Å². The number of hydrogen-bond donors (Lipinski definition) is 6. The number of hydrogen-bond acceptors (Lipinski definition) is 16. The van der Waals surface area contributed by atoms with Gasteiger partial charge in [-0.25, -0.2) is 19.7 Å². The predicted molar refractivity (Wildman–Crippen MR) is 182 cm³/mol. The standard InChI is InChI=1S/C29H38F3N9O6S3/c1-27(2,3)47-26(45)35-5-7-50-49-6-4-34-11-15-8-16(10-17(9-15)28(39-40-28)29(30,31)32)13-48-25-38-19-22(33)36-14-37-23(19)41(25)24-21(44)20(43)18(12-42)46-24/h8-10,14,18,20-21,24,34,42-44H,4-7,11-13H2,1-3H3,(H,35,45)(H2,33,36,37)/t18-,20-,21-,24-/m1/s1. The molecule has 1 amide bonds. The molecule has 0 spiro atoms. The molecular formula is C29H38F3N9O6S3. The minimum Gasteiger partial charge on any atom is -0.444 e. The number of aliphatic hydroxyl groups excluding tert-OH is 3. The van der Waals surface area contributed by atoms with Gasteiger partial charge in [0.15, 0.2) is 28.4 Å². The molecule has 2 aromatic heterocycles. The quantitative estimate of drug-likeness (QED) is 0.0744. The zero-order chi connectivity index (χ0) is 36.3. The third-order valence-electron chi connectivity index (χ3n) is 7.39. The predicted octanol–water partition coefficient (Wildman–Crippen LogP) is 3.49. The van der Waals surface area contributed by atoms with Gasteiger partial charge in [-0.05, 0) is 38.0 Å². The number of alkyl halides is 3. The topological polar surface area (TPSA) is 215 Å². The highest BCUT2D eigenvalue weighted by Crippen LogP contribution is 2.52. The van der Waals surface area contributed by atoms with Crippen LogP contribution in [0.5, 0.6) is 0 Å². The molecule has 274 valence electrons. The normalized spacial score (nSPS) is 21.5. The van der Waals surface area contributed by atoms with Crippen molar-refractivity contribution in [1.82, 2.24) is 30.2 Å². The van der Waals surface area contributed by atoms with E-state index < -0.39 is 54.7 Å². The first kappa shape index (κ1) is 38.3. The van der Waals surface area contributed by atoms with E-state index in [1.165, 1.54) is 23.0 Å². The highest BCUT2D eigenvalue weighted by atomic mass is 33.1. The maximum Gasteiger partial charge on any atom is 0.442 e. The molecule has 15 nitrogen and oxygen atoms in total. The summed E-state index contributed by atoms with van der Waals surface area (Å²) in [4.78, 5) is 24.5. The van der Waals surface area contributed by atoms with Crippen molar-refractivity contribution in [1.29, 1.82) is 0 Å². The highest BCUT2D eigenvalue weighted by Gasteiger charge is 2.65. The Balaban J connectivity index is 1.25. The average Bonchev–Trinajstić information content (AvgIpc) is 3.73. The number of nitrogens with zero attached hydrogens (tertiary/aromatic N) is 6. The summed E-state index contributed by atoms with van der Waals surface area (Å²) in [5.41, 5.74) is 4.24. The molecule has 0 unspecified atom stereocenters. The number of nitrogen functional groups attached to an aromatic ring is 1. The first-order chi connectivity index (χ1) is 23.6. The number of halogens is 3. The van der Waals surface area contributed by atoms with Crippen molar-refractivity contribution in [2.75, 3.05) is 36.9 Å². The van der Waals surface area contributed by atoms with Crippen molar-refractivity contribution in [2.45, 2.75) is 80.2 Å². The summed E-state index contributed by atoms with van der Waals surface area (Å²) in [6.45, 7) is 6.11. The Kier molecular flexibility index (Phi) is 12.1. The van der Waals surface area contributed by atoms with Crippen LogP contribution < -0.4 is 16.4 Å². The number of ether oxygens (including phenoxy) is 2. The maximum atomic E-state index is 14.0. The molecule has 1 fully saturated rings. The molecule has 50 heavy (non-hydrogen) atoms. The van der Waals surface area contributed by atoms with Gasteiger partial charge in [0.25, 0.3) is 0 Å². The Morgan fingerprint density at radius 3 is 2.42 bits per heavy atom. The van der Waals surface area contributed by atoms with Gasteiger partial charge in [0.05, 0.1) is 6.61 Å². The summed E-state index contributed by atoms with van der Waals surface area (Å²) in [7, 11) is 3.17.